The minimum absolute atomic E-state index is 0.471. The Bertz CT molecular complexity index is 312. The maximum Gasteiger partial charge on any atom is 0.211 e. The second kappa shape index (κ2) is 6.71. The highest BCUT2D eigenvalue weighted by molar-refractivity contribution is 7.88. The highest BCUT2D eigenvalue weighted by Crippen LogP contribution is 2.18. The van der Waals surface area contributed by atoms with E-state index in [9.17, 15) is 8.42 Å². The molecular weight excluding hydrogens is 236 g/mol. The Kier molecular flexibility index (Phi) is 5.89. The molecule has 1 heterocycles. The van der Waals surface area contributed by atoms with Gasteiger partial charge in [-0.15, -0.1) is 0 Å². The molecule has 1 unspecified atom stereocenters. The lowest BCUT2D eigenvalue weighted by atomic mass is 9.99. The Hall–Kier alpha value is -0.130. The minimum Gasteiger partial charge on any atom is -0.314 e. The molecule has 1 N–H and O–H groups in total. The van der Waals surface area contributed by atoms with Crippen molar-refractivity contribution in [1.29, 1.82) is 0 Å². The van der Waals surface area contributed by atoms with Gasteiger partial charge in [0.05, 0.1) is 6.26 Å². The van der Waals surface area contributed by atoms with Crippen molar-refractivity contribution in [2.75, 3.05) is 25.9 Å². The van der Waals surface area contributed by atoms with E-state index < -0.39 is 10.0 Å². The second-order valence-electron chi connectivity index (χ2n) is 5.05. The van der Waals surface area contributed by atoms with E-state index in [2.05, 4.69) is 19.2 Å². The number of nitrogens with one attached hydrogen (secondary N) is 1. The average Bonchev–Trinajstić information content (AvgIpc) is 2.30. The summed E-state index contributed by atoms with van der Waals surface area (Å²) >= 11 is 0. The SMILES string of the molecule is CCC(CC)NCC1CCCN(S(C)(=O)=O)C1. The molecule has 1 aliphatic rings. The quantitative estimate of drug-likeness (QED) is 0.788. The third-order valence-electron chi connectivity index (χ3n) is 3.63. The summed E-state index contributed by atoms with van der Waals surface area (Å²) in [5.74, 6) is 0.471. The third-order valence-corrected chi connectivity index (χ3v) is 4.90. The summed E-state index contributed by atoms with van der Waals surface area (Å²) in [5.41, 5.74) is 0. The van der Waals surface area contributed by atoms with Crippen LogP contribution in [0.15, 0.2) is 0 Å². The van der Waals surface area contributed by atoms with Crippen LogP contribution >= 0.6 is 0 Å². The Balaban J connectivity index is 2.40. The molecule has 0 saturated carbocycles. The number of hydrogen-bond donors (Lipinski definition) is 1. The highest BCUT2D eigenvalue weighted by Gasteiger charge is 2.25. The van der Waals surface area contributed by atoms with Gasteiger partial charge in [0.15, 0.2) is 0 Å². The van der Waals surface area contributed by atoms with Gasteiger partial charge in [-0.3, -0.25) is 0 Å². The van der Waals surface area contributed by atoms with Gasteiger partial charge < -0.3 is 5.32 Å². The molecule has 1 fully saturated rings. The van der Waals surface area contributed by atoms with Crippen LogP contribution in [0.4, 0.5) is 0 Å². The summed E-state index contributed by atoms with van der Waals surface area (Å²) in [5, 5.41) is 3.54. The van der Waals surface area contributed by atoms with Gasteiger partial charge in [0.1, 0.15) is 0 Å². The zero-order valence-corrected chi connectivity index (χ0v) is 12.1. The van der Waals surface area contributed by atoms with Crippen molar-refractivity contribution in [2.45, 2.75) is 45.6 Å². The van der Waals surface area contributed by atoms with Gasteiger partial charge >= 0.3 is 0 Å². The van der Waals surface area contributed by atoms with Crippen LogP contribution in [-0.4, -0.2) is 44.7 Å². The maximum atomic E-state index is 11.5. The Morgan fingerprint density at radius 1 is 1.35 bits per heavy atom. The molecule has 1 atom stereocenters. The predicted octanol–water partition coefficient (Wildman–Crippen LogP) is 1.44. The van der Waals surface area contributed by atoms with Crippen molar-refractivity contribution >= 4 is 10.0 Å². The molecule has 17 heavy (non-hydrogen) atoms. The summed E-state index contributed by atoms with van der Waals surface area (Å²) in [7, 11) is -3.00. The van der Waals surface area contributed by atoms with Gasteiger partial charge in [0.2, 0.25) is 10.0 Å². The zero-order valence-electron chi connectivity index (χ0n) is 11.3. The van der Waals surface area contributed by atoms with Gasteiger partial charge in [-0.2, -0.15) is 0 Å². The molecule has 4 nitrogen and oxygen atoms in total. The molecule has 0 radical (unpaired) electrons. The normalized spacial score (nSPS) is 23.2. The lowest BCUT2D eigenvalue weighted by Crippen LogP contribution is -2.43. The van der Waals surface area contributed by atoms with E-state index in [1.807, 2.05) is 0 Å². The van der Waals surface area contributed by atoms with Crippen LogP contribution in [0.25, 0.3) is 0 Å². The first-order valence-corrected chi connectivity index (χ1v) is 8.50. The van der Waals surface area contributed by atoms with Crippen molar-refractivity contribution < 1.29 is 8.42 Å². The molecule has 102 valence electrons. The standard InChI is InChI=1S/C12H26N2O2S/c1-4-12(5-2)13-9-11-7-6-8-14(10-11)17(3,15)16/h11-13H,4-10H2,1-3H3. The van der Waals surface area contributed by atoms with Crippen molar-refractivity contribution in [3.05, 3.63) is 0 Å². The number of rotatable bonds is 6. The first-order chi connectivity index (χ1) is 7.97. The van der Waals surface area contributed by atoms with Gasteiger partial charge in [-0.25, -0.2) is 12.7 Å². The minimum atomic E-state index is -3.00. The van der Waals surface area contributed by atoms with Crippen molar-refractivity contribution in [2.24, 2.45) is 5.92 Å². The fourth-order valence-corrected chi connectivity index (χ4v) is 3.35. The van der Waals surface area contributed by atoms with Gasteiger partial charge in [0.25, 0.3) is 0 Å². The van der Waals surface area contributed by atoms with Crippen LogP contribution < -0.4 is 5.32 Å². The summed E-state index contributed by atoms with van der Waals surface area (Å²) in [4.78, 5) is 0. The molecule has 0 aromatic carbocycles. The van der Waals surface area contributed by atoms with E-state index in [0.29, 0.717) is 25.0 Å². The molecule has 0 bridgehead atoms. The molecule has 0 aliphatic carbocycles. The van der Waals surface area contributed by atoms with E-state index in [1.54, 1.807) is 4.31 Å². The van der Waals surface area contributed by atoms with E-state index in [1.165, 1.54) is 6.26 Å². The zero-order chi connectivity index (χ0) is 12.9. The van der Waals surface area contributed by atoms with Crippen LogP contribution in [0.5, 0.6) is 0 Å². The van der Waals surface area contributed by atoms with Gasteiger partial charge in [-0.05, 0) is 38.1 Å². The average molecular weight is 262 g/mol. The van der Waals surface area contributed by atoms with Crippen LogP contribution in [0, 0.1) is 5.92 Å². The molecule has 5 heteroatoms. The molecule has 0 aromatic heterocycles. The first-order valence-electron chi connectivity index (χ1n) is 6.65. The Labute approximate surface area is 106 Å². The number of sulfonamides is 1. The first kappa shape index (κ1) is 14.9. The number of piperidine rings is 1. The van der Waals surface area contributed by atoms with Crippen LogP contribution in [0.3, 0.4) is 0 Å². The molecule has 1 aliphatic heterocycles. The van der Waals surface area contributed by atoms with Crippen LogP contribution in [0.2, 0.25) is 0 Å². The van der Waals surface area contributed by atoms with E-state index in [0.717, 1.165) is 32.2 Å². The summed E-state index contributed by atoms with van der Waals surface area (Å²) < 4.78 is 24.6. The lowest BCUT2D eigenvalue weighted by Gasteiger charge is -2.32. The summed E-state index contributed by atoms with van der Waals surface area (Å²) in [6.07, 6.45) is 5.71. The molecule has 1 saturated heterocycles. The molecule has 0 spiro atoms. The summed E-state index contributed by atoms with van der Waals surface area (Å²) in [6, 6.07) is 0.573. The maximum absolute atomic E-state index is 11.5. The number of nitrogens with zero attached hydrogens (tertiary/aromatic N) is 1. The fourth-order valence-electron chi connectivity index (χ4n) is 2.41. The van der Waals surface area contributed by atoms with Crippen molar-refractivity contribution in [1.82, 2.24) is 9.62 Å². The third kappa shape index (κ3) is 4.94. The van der Waals surface area contributed by atoms with E-state index in [-0.39, 0.29) is 0 Å². The molecule has 0 amide bonds. The Morgan fingerprint density at radius 2 is 2.00 bits per heavy atom. The second-order valence-corrected chi connectivity index (χ2v) is 7.03. The van der Waals surface area contributed by atoms with Gasteiger partial charge in [0, 0.05) is 19.1 Å². The lowest BCUT2D eigenvalue weighted by molar-refractivity contribution is 0.253. The number of hydrogen-bond acceptors (Lipinski definition) is 3. The Morgan fingerprint density at radius 3 is 2.53 bits per heavy atom. The summed E-state index contributed by atoms with van der Waals surface area (Å²) in [6.45, 7) is 6.69. The molecule has 0 aromatic rings. The predicted molar refractivity (Wildman–Crippen MR) is 71.5 cm³/mol. The van der Waals surface area contributed by atoms with E-state index in [4.69, 9.17) is 0 Å². The van der Waals surface area contributed by atoms with Crippen molar-refractivity contribution in [3.8, 4) is 0 Å². The fraction of sp³-hybridized carbons (Fsp3) is 1.00. The van der Waals surface area contributed by atoms with Crippen molar-refractivity contribution in [3.63, 3.8) is 0 Å². The van der Waals surface area contributed by atoms with Gasteiger partial charge in [-0.1, -0.05) is 13.8 Å². The highest BCUT2D eigenvalue weighted by atomic mass is 32.2. The van der Waals surface area contributed by atoms with E-state index >= 15 is 0 Å². The molecular formula is C12H26N2O2S. The van der Waals surface area contributed by atoms with Crippen LogP contribution in [-0.2, 0) is 10.0 Å². The van der Waals surface area contributed by atoms with Crippen LogP contribution in [0.1, 0.15) is 39.5 Å². The topological polar surface area (TPSA) is 49.4 Å². The largest absolute Gasteiger partial charge is 0.314 e. The smallest absolute Gasteiger partial charge is 0.211 e. The monoisotopic (exact) mass is 262 g/mol. The molecule has 1 rings (SSSR count).